The molecule has 94 valence electrons. The molecule has 3 rings (SSSR count). The highest BCUT2D eigenvalue weighted by Gasteiger charge is 2.16. The van der Waals surface area contributed by atoms with Crippen LogP contribution in [0.5, 0.6) is 0 Å². The lowest BCUT2D eigenvalue weighted by molar-refractivity contribution is 0.329. The minimum absolute atomic E-state index is 0.276. The Bertz CT molecular complexity index is 531. The van der Waals surface area contributed by atoms with E-state index in [2.05, 4.69) is 25.9 Å². The Morgan fingerprint density at radius 2 is 2.06 bits per heavy atom. The van der Waals surface area contributed by atoms with Gasteiger partial charge in [0.15, 0.2) is 0 Å². The highest BCUT2D eigenvalue weighted by atomic mass is 35.5. The predicted molar refractivity (Wildman–Crippen MR) is 70.4 cm³/mol. The van der Waals surface area contributed by atoms with Gasteiger partial charge in [0, 0.05) is 18.0 Å². The summed E-state index contributed by atoms with van der Waals surface area (Å²) < 4.78 is 2.07. The first kappa shape index (κ1) is 11.7. The molecular weight excluding hydrogens is 248 g/mol. The van der Waals surface area contributed by atoms with E-state index in [1.807, 2.05) is 12.3 Å². The first-order valence-corrected chi connectivity index (χ1v) is 6.74. The quantitative estimate of drug-likeness (QED) is 0.778. The van der Waals surface area contributed by atoms with Crippen molar-refractivity contribution < 1.29 is 0 Å². The van der Waals surface area contributed by atoms with Crippen molar-refractivity contribution in [3.05, 3.63) is 29.9 Å². The lowest BCUT2D eigenvalue weighted by Gasteiger charge is -2.21. The summed E-state index contributed by atoms with van der Waals surface area (Å²) in [6, 6.07) is 2.40. The molecule has 18 heavy (non-hydrogen) atoms. The van der Waals surface area contributed by atoms with Crippen LogP contribution < -0.4 is 0 Å². The highest BCUT2D eigenvalue weighted by Crippen LogP contribution is 2.28. The molecule has 2 aromatic heterocycles. The zero-order chi connectivity index (χ0) is 12.4. The van der Waals surface area contributed by atoms with E-state index >= 15 is 0 Å². The average Bonchev–Trinajstić information content (AvgIpc) is 2.89. The SMILES string of the molecule is Clc1nccc(-c2cnn(C3CCCCC3)c2)n1. The third-order valence-corrected chi connectivity index (χ3v) is 3.65. The Morgan fingerprint density at radius 3 is 2.83 bits per heavy atom. The molecule has 0 aliphatic heterocycles. The third kappa shape index (κ3) is 2.38. The molecule has 0 atom stereocenters. The van der Waals surface area contributed by atoms with Gasteiger partial charge in [-0.3, -0.25) is 4.68 Å². The summed E-state index contributed by atoms with van der Waals surface area (Å²) in [4.78, 5) is 8.09. The summed E-state index contributed by atoms with van der Waals surface area (Å²) in [5, 5.41) is 4.73. The van der Waals surface area contributed by atoms with Crippen LogP contribution in [0.4, 0.5) is 0 Å². The molecule has 0 saturated heterocycles. The van der Waals surface area contributed by atoms with Crippen molar-refractivity contribution in [2.45, 2.75) is 38.1 Å². The number of halogens is 1. The van der Waals surface area contributed by atoms with E-state index in [1.54, 1.807) is 6.20 Å². The zero-order valence-electron chi connectivity index (χ0n) is 10.1. The third-order valence-electron chi connectivity index (χ3n) is 3.47. The minimum atomic E-state index is 0.276. The van der Waals surface area contributed by atoms with E-state index in [0.717, 1.165) is 11.3 Å². The maximum Gasteiger partial charge on any atom is 0.222 e. The van der Waals surface area contributed by atoms with Crippen molar-refractivity contribution >= 4 is 11.6 Å². The number of hydrogen-bond acceptors (Lipinski definition) is 3. The minimum Gasteiger partial charge on any atom is -0.269 e. The monoisotopic (exact) mass is 262 g/mol. The topological polar surface area (TPSA) is 43.6 Å². The maximum atomic E-state index is 5.80. The molecule has 1 aliphatic rings. The molecule has 1 aliphatic carbocycles. The van der Waals surface area contributed by atoms with Gasteiger partial charge in [0.05, 0.1) is 17.9 Å². The Kier molecular flexibility index (Phi) is 3.28. The van der Waals surface area contributed by atoms with Gasteiger partial charge >= 0.3 is 0 Å². The second-order valence-electron chi connectivity index (χ2n) is 4.71. The summed E-state index contributed by atoms with van der Waals surface area (Å²) in [5.74, 6) is 0. The van der Waals surface area contributed by atoms with E-state index in [-0.39, 0.29) is 5.28 Å². The molecule has 0 bridgehead atoms. The molecule has 0 spiro atoms. The van der Waals surface area contributed by atoms with Crippen LogP contribution in [-0.2, 0) is 0 Å². The lowest BCUT2D eigenvalue weighted by atomic mass is 9.96. The summed E-state index contributed by atoms with van der Waals surface area (Å²) in [6.45, 7) is 0. The molecule has 0 radical (unpaired) electrons. The average molecular weight is 263 g/mol. The molecule has 2 aromatic rings. The van der Waals surface area contributed by atoms with Crippen LogP contribution in [0.2, 0.25) is 5.28 Å². The van der Waals surface area contributed by atoms with Crippen LogP contribution in [0.1, 0.15) is 38.1 Å². The Balaban J connectivity index is 1.84. The predicted octanol–water partition coefficient (Wildman–Crippen LogP) is 3.50. The highest BCUT2D eigenvalue weighted by molar-refractivity contribution is 6.28. The molecular formula is C13H15ClN4. The number of aromatic nitrogens is 4. The van der Waals surface area contributed by atoms with Crippen molar-refractivity contribution in [2.24, 2.45) is 0 Å². The molecule has 4 nitrogen and oxygen atoms in total. The number of rotatable bonds is 2. The largest absolute Gasteiger partial charge is 0.269 e. The zero-order valence-corrected chi connectivity index (χ0v) is 10.8. The van der Waals surface area contributed by atoms with Gasteiger partial charge in [0.25, 0.3) is 0 Å². The summed E-state index contributed by atoms with van der Waals surface area (Å²) in [6.07, 6.45) is 12.0. The van der Waals surface area contributed by atoms with E-state index in [0.29, 0.717) is 6.04 Å². The van der Waals surface area contributed by atoms with Crippen molar-refractivity contribution in [3.8, 4) is 11.3 Å². The van der Waals surface area contributed by atoms with Gasteiger partial charge in [0.2, 0.25) is 5.28 Å². The van der Waals surface area contributed by atoms with Crippen LogP contribution >= 0.6 is 11.6 Å². The summed E-state index contributed by atoms with van der Waals surface area (Å²) in [7, 11) is 0. The summed E-state index contributed by atoms with van der Waals surface area (Å²) >= 11 is 5.80. The fourth-order valence-corrected chi connectivity index (χ4v) is 2.66. The Morgan fingerprint density at radius 1 is 1.22 bits per heavy atom. The molecule has 2 heterocycles. The number of nitrogens with zero attached hydrogens (tertiary/aromatic N) is 4. The molecule has 0 amide bonds. The van der Waals surface area contributed by atoms with E-state index in [9.17, 15) is 0 Å². The molecule has 0 aromatic carbocycles. The van der Waals surface area contributed by atoms with Crippen molar-refractivity contribution in [2.75, 3.05) is 0 Å². The fourth-order valence-electron chi connectivity index (χ4n) is 2.51. The molecule has 5 heteroatoms. The molecule has 0 N–H and O–H groups in total. The van der Waals surface area contributed by atoms with Gasteiger partial charge in [-0.1, -0.05) is 19.3 Å². The maximum absolute atomic E-state index is 5.80. The van der Waals surface area contributed by atoms with Crippen molar-refractivity contribution in [3.63, 3.8) is 0 Å². The van der Waals surface area contributed by atoms with Gasteiger partial charge in [-0.05, 0) is 30.5 Å². The van der Waals surface area contributed by atoms with Crippen molar-refractivity contribution in [1.82, 2.24) is 19.7 Å². The second-order valence-corrected chi connectivity index (χ2v) is 5.05. The first-order valence-electron chi connectivity index (χ1n) is 6.36. The smallest absolute Gasteiger partial charge is 0.222 e. The van der Waals surface area contributed by atoms with Crippen molar-refractivity contribution in [1.29, 1.82) is 0 Å². The van der Waals surface area contributed by atoms with E-state index in [1.165, 1.54) is 32.1 Å². The fraction of sp³-hybridized carbons (Fsp3) is 0.462. The normalized spacial score (nSPS) is 16.9. The van der Waals surface area contributed by atoms with Crippen LogP contribution in [-0.4, -0.2) is 19.7 Å². The van der Waals surface area contributed by atoms with Gasteiger partial charge in [0.1, 0.15) is 0 Å². The van der Waals surface area contributed by atoms with Crippen LogP contribution in [0.15, 0.2) is 24.7 Å². The van der Waals surface area contributed by atoms with Crippen LogP contribution in [0.3, 0.4) is 0 Å². The van der Waals surface area contributed by atoms with Gasteiger partial charge in [-0.2, -0.15) is 5.10 Å². The lowest BCUT2D eigenvalue weighted by Crippen LogP contribution is -2.12. The Labute approximate surface area is 111 Å². The molecule has 0 unspecified atom stereocenters. The Hall–Kier alpha value is -1.42. The van der Waals surface area contributed by atoms with E-state index < -0.39 is 0 Å². The van der Waals surface area contributed by atoms with Crippen LogP contribution in [0, 0.1) is 0 Å². The van der Waals surface area contributed by atoms with Gasteiger partial charge < -0.3 is 0 Å². The summed E-state index contributed by atoms with van der Waals surface area (Å²) in [5.41, 5.74) is 1.84. The van der Waals surface area contributed by atoms with Gasteiger partial charge in [-0.15, -0.1) is 0 Å². The molecule has 1 saturated carbocycles. The second kappa shape index (κ2) is 5.06. The number of hydrogen-bond donors (Lipinski definition) is 0. The molecule has 1 fully saturated rings. The van der Waals surface area contributed by atoms with Crippen LogP contribution in [0.25, 0.3) is 11.3 Å². The first-order chi connectivity index (χ1) is 8.83. The van der Waals surface area contributed by atoms with Gasteiger partial charge in [-0.25, -0.2) is 9.97 Å². The van der Waals surface area contributed by atoms with E-state index in [4.69, 9.17) is 11.6 Å². The standard InChI is InChI=1S/C13H15ClN4/c14-13-15-7-6-12(17-13)10-8-16-18(9-10)11-4-2-1-3-5-11/h6-9,11H,1-5H2.